The maximum atomic E-state index is 12.8. The van der Waals surface area contributed by atoms with E-state index in [1.54, 1.807) is 6.07 Å². The van der Waals surface area contributed by atoms with Gasteiger partial charge in [0.05, 0.1) is 5.69 Å². The van der Waals surface area contributed by atoms with Crippen molar-refractivity contribution in [2.75, 3.05) is 5.32 Å². The van der Waals surface area contributed by atoms with Gasteiger partial charge in [-0.15, -0.1) is 0 Å². The minimum absolute atomic E-state index is 0.0799. The molecule has 6 nitrogen and oxygen atoms in total. The van der Waals surface area contributed by atoms with Crippen LogP contribution < -0.4 is 10.6 Å². The summed E-state index contributed by atoms with van der Waals surface area (Å²) in [5.41, 5.74) is 2.91. The van der Waals surface area contributed by atoms with Gasteiger partial charge in [-0.1, -0.05) is 80.9 Å². The van der Waals surface area contributed by atoms with Crippen molar-refractivity contribution in [1.29, 1.82) is 0 Å². The topological polar surface area (TPSA) is 86.9 Å². The van der Waals surface area contributed by atoms with E-state index in [4.69, 9.17) is 0 Å². The van der Waals surface area contributed by atoms with E-state index < -0.39 is 6.04 Å². The van der Waals surface area contributed by atoms with Gasteiger partial charge < -0.3 is 10.6 Å². The van der Waals surface area contributed by atoms with Crippen molar-refractivity contribution in [3.63, 3.8) is 0 Å². The summed E-state index contributed by atoms with van der Waals surface area (Å²) in [5.74, 6) is 0.124. The zero-order valence-corrected chi connectivity index (χ0v) is 17.4. The Morgan fingerprint density at radius 3 is 2.37 bits per heavy atom. The molecule has 0 saturated heterocycles. The molecule has 0 spiro atoms. The van der Waals surface area contributed by atoms with Crippen molar-refractivity contribution < 1.29 is 9.59 Å². The smallest absolute Gasteiger partial charge is 0.248 e. The molecule has 3 aromatic rings. The van der Waals surface area contributed by atoms with Crippen molar-refractivity contribution >= 4 is 17.6 Å². The molecule has 0 aliphatic heterocycles. The van der Waals surface area contributed by atoms with Crippen LogP contribution in [0.15, 0.2) is 66.7 Å². The van der Waals surface area contributed by atoms with Gasteiger partial charge in [-0.05, 0) is 23.5 Å². The van der Waals surface area contributed by atoms with Crippen molar-refractivity contribution in [3.05, 3.63) is 72.3 Å². The third-order valence-corrected chi connectivity index (χ3v) is 5.00. The summed E-state index contributed by atoms with van der Waals surface area (Å²) in [4.78, 5) is 25.3. The number of carbonyl (C=O) groups is 2. The third kappa shape index (κ3) is 5.80. The minimum Gasteiger partial charge on any atom is -0.344 e. The molecule has 3 rings (SSSR count). The number of nitrogens with zero attached hydrogens (tertiary/aromatic N) is 1. The molecule has 0 bridgehead atoms. The molecular weight excluding hydrogens is 376 g/mol. The Labute approximate surface area is 177 Å². The summed E-state index contributed by atoms with van der Waals surface area (Å²) in [6, 6.07) is 20.9. The predicted octanol–water partition coefficient (Wildman–Crippen LogP) is 4.49. The van der Waals surface area contributed by atoms with Crippen LogP contribution in [-0.4, -0.2) is 28.1 Å². The Morgan fingerprint density at radius 2 is 1.70 bits per heavy atom. The van der Waals surface area contributed by atoms with E-state index in [9.17, 15) is 9.59 Å². The summed E-state index contributed by atoms with van der Waals surface area (Å²) in [6.45, 7) is 4.00. The van der Waals surface area contributed by atoms with Crippen LogP contribution >= 0.6 is 0 Å². The lowest BCUT2D eigenvalue weighted by Crippen LogP contribution is -2.44. The monoisotopic (exact) mass is 404 g/mol. The second kappa shape index (κ2) is 10.4. The quantitative estimate of drug-likeness (QED) is 0.491. The molecule has 1 aromatic heterocycles. The number of aromatic amines is 1. The molecule has 0 aliphatic rings. The number of benzene rings is 2. The van der Waals surface area contributed by atoms with E-state index >= 15 is 0 Å². The van der Waals surface area contributed by atoms with Crippen LogP contribution in [0.25, 0.3) is 11.3 Å². The van der Waals surface area contributed by atoms with E-state index in [-0.39, 0.29) is 17.7 Å². The average Bonchev–Trinajstić information content (AvgIpc) is 3.23. The number of nitrogens with one attached hydrogen (secondary N) is 3. The Kier molecular flexibility index (Phi) is 7.38. The van der Waals surface area contributed by atoms with E-state index in [1.807, 2.05) is 74.5 Å². The summed E-state index contributed by atoms with van der Waals surface area (Å²) < 4.78 is 0. The fraction of sp³-hybridized carbons (Fsp3) is 0.292. The largest absolute Gasteiger partial charge is 0.344 e. The standard InChI is InChI=1S/C24H28N4O2/c1-3-10-20(25-23(29)15-17(2)18-11-6-4-7-12-18)24(30)26-22-16-21(27-28-22)19-13-8-5-9-14-19/h4-9,11-14,16-17,20H,3,10,15H2,1-2H3,(H,25,29)(H2,26,27,28,30). The SMILES string of the molecule is CCCC(NC(=O)CC(C)c1ccccc1)C(=O)Nc1cc(-c2ccccc2)[nH]n1. The number of amides is 2. The summed E-state index contributed by atoms with van der Waals surface area (Å²) in [5, 5.41) is 12.8. The van der Waals surface area contributed by atoms with Gasteiger partial charge in [-0.25, -0.2) is 0 Å². The Balaban J connectivity index is 1.59. The number of aromatic nitrogens is 2. The first kappa shape index (κ1) is 21.3. The van der Waals surface area contributed by atoms with Gasteiger partial charge in [-0.2, -0.15) is 5.10 Å². The molecule has 1 heterocycles. The number of H-pyrrole nitrogens is 1. The number of anilines is 1. The van der Waals surface area contributed by atoms with Crippen molar-refractivity contribution in [1.82, 2.24) is 15.5 Å². The molecule has 30 heavy (non-hydrogen) atoms. The van der Waals surface area contributed by atoms with Gasteiger partial charge in [0.15, 0.2) is 5.82 Å². The first-order valence-electron chi connectivity index (χ1n) is 10.3. The lowest BCUT2D eigenvalue weighted by atomic mass is 9.97. The van der Waals surface area contributed by atoms with Gasteiger partial charge in [0, 0.05) is 12.5 Å². The Morgan fingerprint density at radius 1 is 1.03 bits per heavy atom. The van der Waals surface area contributed by atoms with Crippen LogP contribution in [0.3, 0.4) is 0 Å². The fourth-order valence-electron chi connectivity index (χ4n) is 3.35. The molecule has 2 unspecified atom stereocenters. The van der Waals surface area contributed by atoms with Crippen LogP contribution in [0, 0.1) is 0 Å². The maximum Gasteiger partial charge on any atom is 0.248 e. The molecular formula is C24H28N4O2. The Hall–Kier alpha value is -3.41. The second-order valence-corrected chi connectivity index (χ2v) is 7.45. The zero-order valence-electron chi connectivity index (χ0n) is 17.4. The van der Waals surface area contributed by atoms with E-state index in [0.717, 1.165) is 23.2 Å². The van der Waals surface area contributed by atoms with Gasteiger partial charge in [0.25, 0.3) is 0 Å². The fourth-order valence-corrected chi connectivity index (χ4v) is 3.35. The normalized spacial score (nSPS) is 12.7. The van der Waals surface area contributed by atoms with Crippen LogP contribution in [0.1, 0.15) is 44.6 Å². The molecule has 0 radical (unpaired) electrons. The molecule has 2 amide bonds. The minimum atomic E-state index is -0.595. The first-order chi connectivity index (χ1) is 14.6. The molecule has 156 valence electrons. The van der Waals surface area contributed by atoms with E-state index in [1.165, 1.54) is 0 Å². The van der Waals surface area contributed by atoms with Crippen molar-refractivity contribution in [2.45, 2.75) is 45.1 Å². The highest BCUT2D eigenvalue weighted by molar-refractivity contribution is 5.96. The molecule has 2 atom stereocenters. The van der Waals surface area contributed by atoms with Crippen LogP contribution in [0.2, 0.25) is 0 Å². The van der Waals surface area contributed by atoms with Crippen molar-refractivity contribution in [2.24, 2.45) is 0 Å². The highest BCUT2D eigenvalue weighted by atomic mass is 16.2. The zero-order chi connectivity index (χ0) is 21.3. The third-order valence-electron chi connectivity index (χ3n) is 5.00. The summed E-state index contributed by atoms with van der Waals surface area (Å²) in [6.07, 6.45) is 1.67. The number of hydrogen-bond donors (Lipinski definition) is 3. The highest BCUT2D eigenvalue weighted by Gasteiger charge is 2.22. The van der Waals surface area contributed by atoms with Gasteiger partial charge in [0.2, 0.25) is 11.8 Å². The number of hydrogen-bond acceptors (Lipinski definition) is 3. The van der Waals surface area contributed by atoms with Crippen LogP contribution in [-0.2, 0) is 9.59 Å². The van der Waals surface area contributed by atoms with Gasteiger partial charge >= 0.3 is 0 Å². The van der Waals surface area contributed by atoms with Gasteiger partial charge in [-0.3, -0.25) is 14.7 Å². The molecule has 0 fully saturated rings. The molecule has 3 N–H and O–H groups in total. The Bertz CT molecular complexity index is 954. The average molecular weight is 405 g/mol. The highest BCUT2D eigenvalue weighted by Crippen LogP contribution is 2.20. The molecule has 0 aliphatic carbocycles. The summed E-state index contributed by atoms with van der Waals surface area (Å²) >= 11 is 0. The number of carbonyl (C=O) groups excluding carboxylic acids is 2. The van der Waals surface area contributed by atoms with E-state index in [2.05, 4.69) is 20.8 Å². The van der Waals surface area contributed by atoms with Crippen LogP contribution in [0.4, 0.5) is 5.82 Å². The first-order valence-corrected chi connectivity index (χ1v) is 10.3. The summed E-state index contributed by atoms with van der Waals surface area (Å²) in [7, 11) is 0. The van der Waals surface area contributed by atoms with Crippen LogP contribution in [0.5, 0.6) is 0 Å². The molecule has 2 aromatic carbocycles. The van der Waals surface area contributed by atoms with E-state index in [0.29, 0.717) is 18.7 Å². The predicted molar refractivity (Wildman–Crippen MR) is 119 cm³/mol. The lowest BCUT2D eigenvalue weighted by Gasteiger charge is -2.19. The molecule has 0 saturated carbocycles. The lowest BCUT2D eigenvalue weighted by molar-refractivity contribution is -0.126. The molecule has 6 heteroatoms. The van der Waals surface area contributed by atoms with Gasteiger partial charge in [0.1, 0.15) is 6.04 Å². The second-order valence-electron chi connectivity index (χ2n) is 7.45. The van der Waals surface area contributed by atoms with Crippen molar-refractivity contribution in [3.8, 4) is 11.3 Å². The number of rotatable bonds is 9. The maximum absolute atomic E-state index is 12.8.